The molecule has 2 aliphatic heterocycles. The average Bonchev–Trinajstić information content (AvgIpc) is 2.82. The molecule has 2 aliphatic rings. The van der Waals surface area contributed by atoms with E-state index < -0.39 is 5.97 Å². The summed E-state index contributed by atoms with van der Waals surface area (Å²) in [6, 6.07) is 0. The molecule has 6 heteroatoms. The first-order chi connectivity index (χ1) is 8.27. The number of halogens is 1. The van der Waals surface area contributed by atoms with Crippen molar-refractivity contribution in [3.8, 4) is 0 Å². The summed E-state index contributed by atoms with van der Waals surface area (Å²) in [5, 5.41) is 12.4. The van der Waals surface area contributed by atoms with Crippen LogP contribution < -0.4 is 5.32 Å². The van der Waals surface area contributed by atoms with Gasteiger partial charge in [0.05, 0.1) is 19.1 Å². The second kappa shape index (κ2) is 7.94. The fraction of sp³-hybridized carbons (Fsp3) is 0.917. The Bertz CT molecular complexity index is 258. The zero-order chi connectivity index (χ0) is 12.1. The third-order valence-corrected chi connectivity index (χ3v) is 3.63. The smallest absolute Gasteiger partial charge is 0.306 e. The number of carboxylic acid groups (broad SMARTS) is 1. The minimum atomic E-state index is -0.648. The highest BCUT2D eigenvalue weighted by molar-refractivity contribution is 5.85. The monoisotopic (exact) mass is 279 g/mol. The first-order valence-electron chi connectivity index (χ1n) is 6.44. The molecule has 0 spiro atoms. The van der Waals surface area contributed by atoms with Crippen molar-refractivity contribution in [2.24, 2.45) is 11.8 Å². The molecule has 0 amide bonds. The van der Waals surface area contributed by atoms with E-state index in [9.17, 15) is 4.79 Å². The van der Waals surface area contributed by atoms with Crippen LogP contribution in [0.1, 0.15) is 25.7 Å². The summed E-state index contributed by atoms with van der Waals surface area (Å²) >= 11 is 0. The quantitative estimate of drug-likeness (QED) is 0.793. The van der Waals surface area contributed by atoms with Gasteiger partial charge in [0.1, 0.15) is 0 Å². The number of aliphatic carboxylic acids is 1. The van der Waals surface area contributed by atoms with Gasteiger partial charge in [0, 0.05) is 0 Å². The fourth-order valence-electron chi connectivity index (χ4n) is 2.67. The third-order valence-electron chi connectivity index (χ3n) is 3.63. The van der Waals surface area contributed by atoms with Gasteiger partial charge < -0.3 is 19.9 Å². The van der Waals surface area contributed by atoms with Crippen LogP contribution in [-0.4, -0.2) is 43.7 Å². The molecular formula is C12H22ClNO4. The Morgan fingerprint density at radius 1 is 1.28 bits per heavy atom. The second-order valence-electron chi connectivity index (χ2n) is 4.80. The Hall–Kier alpha value is -0.360. The first-order valence-corrected chi connectivity index (χ1v) is 6.44. The lowest BCUT2D eigenvalue weighted by Crippen LogP contribution is -2.40. The van der Waals surface area contributed by atoms with Crippen molar-refractivity contribution in [1.82, 2.24) is 5.32 Å². The molecule has 2 saturated heterocycles. The van der Waals surface area contributed by atoms with Crippen LogP contribution in [0.4, 0.5) is 0 Å². The highest BCUT2D eigenvalue weighted by Crippen LogP contribution is 2.25. The fourth-order valence-corrected chi connectivity index (χ4v) is 2.67. The summed E-state index contributed by atoms with van der Waals surface area (Å²) in [6.45, 7) is 3.02. The van der Waals surface area contributed by atoms with Crippen molar-refractivity contribution in [3.63, 3.8) is 0 Å². The topological polar surface area (TPSA) is 67.8 Å². The summed E-state index contributed by atoms with van der Waals surface area (Å²) in [5.74, 6) is -0.575. The molecule has 5 nitrogen and oxygen atoms in total. The number of piperidine rings is 1. The Morgan fingerprint density at radius 3 is 2.67 bits per heavy atom. The maximum atomic E-state index is 11.1. The Kier molecular flexibility index (Phi) is 6.92. The Balaban J connectivity index is 0.00000162. The van der Waals surface area contributed by atoms with Crippen molar-refractivity contribution < 1.29 is 19.4 Å². The van der Waals surface area contributed by atoms with Crippen molar-refractivity contribution in [3.05, 3.63) is 0 Å². The van der Waals surface area contributed by atoms with E-state index in [1.54, 1.807) is 0 Å². The summed E-state index contributed by atoms with van der Waals surface area (Å²) in [6.07, 6.45) is 3.47. The van der Waals surface area contributed by atoms with E-state index in [0.29, 0.717) is 13.2 Å². The number of hydrogen-bond acceptors (Lipinski definition) is 4. The van der Waals surface area contributed by atoms with E-state index in [-0.39, 0.29) is 30.5 Å². The van der Waals surface area contributed by atoms with E-state index in [1.165, 1.54) is 0 Å². The molecule has 0 radical (unpaired) electrons. The third kappa shape index (κ3) is 4.39. The molecule has 2 heterocycles. The molecule has 2 N–H and O–H groups in total. The van der Waals surface area contributed by atoms with Crippen LogP contribution in [0.25, 0.3) is 0 Å². The van der Waals surface area contributed by atoms with Crippen LogP contribution in [0.2, 0.25) is 0 Å². The number of hydrogen-bond donors (Lipinski definition) is 2. The largest absolute Gasteiger partial charge is 0.481 e. The number of ether oxygens (including phenoxy) is 2. The first kappa shape index (κ1) is 15.7. The molecule has 18 heavy (non-hydrogen) atoms. The minimum absolute atomic E-state index is 0. The molecule has 0 aromatic carbocycles. The molecule has 0 aliphatic carbocycles. The van der Waals surface area contributed by atoms with Crippen LogP contribution >= 0.6 is 12.4 Å². The van der Waals surface area contributed by atoms with Crippen LogP contribution in [0, 0.1) is 11.8 Å². The molecule has 0 aromatic rings. The zero-order valence-corrected chi connectivity index (χ0v) is 11.3. The molecule has 2 fully saturated rings. The van der Waals surface area contributed by atoms with Gasteiger partial charge in [-0.1, -0.05) is 0 Å². The SMILES string of the molecule is Cl.O=C(O)C1CCNCC1CCCC1OCCO1. The van der Waals surface area contributed by atoms with E-state index in [1.807, 2.05) is 0 Å². The molecule has 106 valence electrons. The van der Waals surface area contributed by atoms with Crippen molar-refractivity contribution in [1.29, 1.82) is 0 Å². The molecule has 2 rings (SSSR count). The van der Waals surface area contributed by atoms with Gasteiger partial charge in [0.15, 0.2) is 6.29 Å². The van der Waals surface area contributed by atoms with Crippen molar-refractivity contribution >= 4 is 18.4 Å². The van der Waals surface area contributed by atoms with E-state index in [4.69, 9.17) is 14.6 Å². The predicted octanol–water partition coefficient (Wildman–Crippen LogP) is 1.26. The van der Waals surface area contributed by atoms with Gasteiger partial charge in [-0.2, -0.15) is 0 Å². The number of carboxylic acids is 1. The second-order valence-corrected chi connectivity index (χ2v) is 4.80. The van der Waals surface area contributed by atoms with Crippen LogP contribution in [-0.2, 0) is 14.3 Å². The lowest BCUT2D eigenvalue weighted by Gasteiger charge is -2.29. The Morgan fingerprint density at radius 2 is 2.00 bits per heavy atom. The van der Waals surface area contributed by atoms with E-state index in [2.05, 4.69) is 5.32 Å². The lowest BCUT2D eigenvalue weighted by molar-refractivity contribution is -0.144. The zero-order valence-electron chi connectivity index (χ0n) is 10.5. The van der Waals surface area contributed by atoms with Gasteiger partial charge in [0.25, 0.3) is 0 Å². The van der Waals surface area contributed by atoms with Crippen LogP contribution in [0.3, 0.4) is 0 Å². The van der Waals surface area contributed by atoms with E-state index >= 15 is 0 Å². The number of carbonyl (C=O) groups is 1. The van der Waals surface area contributed by atoms with Gasteiger partial charge in [-0.25, -0.2) is 0 Å². The molecule has 0 bridgehead atoms. The molecule has 0 aromatic heterocycles. The average molecular weight is 280 g/mol. The number of nitrogens with one attached hydrogen (secondary N) is 1. The highest BCUT2D eigenvalue weighted by Gasteiger charge is 2.30. The maximum absolute atomic E-state index is 11.1. The van der Waals surface area contributed by atoms with Gasteiger partial charge >= 0.3 is 5.97 Å². The summed E-state index contributed by atoms with van der Waals surface area (Å²) in [7, 11) is 0. The summed E-state index contributed by atoms with van der Waals surface area (Å²) in [5.41, 5.74) is 0. The van der Waals surface area contributed by atoms with Gasteiger partial charge in [0.2, 0.25) is 0 Å². The van der Waals surface area contributed by atoms with Crippen LogP contribution in [0.5, 0.6) is 0 Å². The highest BCUT2D eigenvalue weighted by atomic mass is 35.5. The number of rotatable bonds is 5. The molecular weight excluding hydrogens is 258 g/mol. The maximum Gasteiger partial charge on any atom is 0.306 e. The predicted molar refractivity (Wildman–Crippen MR) is 68.9 cm³/mol. The normalized spacial score (nSPS) is 28.9. The minimum Gasteiger partial charge on any atom is -0.481 e. The van der Waals surface area contributed by atoms with Gasteiger partial charge in [-0.05, 0) is 44.7 Å². The van der Waals surface area contributed by atoms with Crippen LogP contribution in [0.15, 0.2) is 0 Å². The Labute approximate surface area is 114 Å². The molecule has 0 saturated carbocycles. The summed E-state index contributed by atoms with van der Waals surface area (Å²) < 4.78 is 10.7. The lowest BCUT2D eigenvalue weighted by atomic mass is 9.83. The van der Waals surface area contributed by atoms with E-state index in [0.717, 1.165) is 38.8 Å². The van der Waals surface area contributed by atoms with Crippen molar-refractivity contribution in [2.75, 3.05) is 26.3 Å². The summed E-state index contributed by atoms with van der Waals surface area (Å²) in [4.78, 5) is 11.1. The van der Waals surface area contributed by atoms with Gasteiger partial charge in [-0.3, -0.25) is 4.79 Å². The van der Waals surface area contributed by atoms with Gasteiger partial charge in [-0.15, -0.1) is 12.4 Å². The standard InChI is InChI=1S/C12H21NO4.ClH/c14-12(15)10-4-5-13-8-9(10)2-1-3-11-16-6-7-17-11;/h9-11,13H,1-8H2,(H,14,15);1H. The van der Waals surface area contributed by atoms with Crippen molar-refractivity contribution in [2.45, 2.75) is 32.0 Å². The molecule has 2 atom stereocenters. The molecule has 2 unspecified atom stereocenters.